The van der Waals surface area contributed by atoms with E-state index in [1.807, 2.05) is 0 Å². The third-order valence-electron chi connectivity index (χ3n) is 7.18. The van der Waals surface area contributed by atoms with Crippen LogP contribution in [0.3, 0.4) is 0 Å². The number of halogens is 1. The van der Waals surface area contributed by atoms with Gasteiger partial charge in [0.25, 0.3) is 0 Å². The summed E-state index contributed by atoms with van der Waals surface area (Å²) in [6, 6.07) is 8.62. The molecule has 0 bridgehead atoms. The Labute approximate surface area is 201 Å². The third kappa shape index (κ3) is 3.44. The molecule has 0 saturated carbocycles. The number of ether oxygens (including phenoxy) is 2. The van der Waals surface area contributed by atoms with Gasteiger partial charge in [-0.3, -0.25) is 4.57 Å². The van der Waals surface area contributed by atoms with Crippen molar-refractivity contribution in [2.75, 3.05) is 30.9 Å². The molecule has 3 aromatic rings. The van der Waals surface area contributed by atoms with Crippen LogP contribution in [-0.2, 0) is 25.9 Å². The summed E-state index contributed by atoms with van der Waals surface area (Å²) < 4.78 is 23.1. The summed E-state index contributed by atoms with van der Waals surface area (Å²) in [5.41, 5.74) is 3.38. The van der Waals surface area contributed by atoms with Crippen molar-refractivity contribution in [3.63, 3.8) is 0 Å². The molecule has 0 amide bonds. The van der Waals surface area contributed by atoms with E-state index in [2.05, 4.69) is 44.2 Å². The molecule has 10 nitrogen and oxygen atoms in total. The maximum Gasteiger partial charge on any atom is 0.226 e. The Bertz CT molecular complexity index is 1250. The predicted octanol–water partition coefficient (Wildman–Crippen LogP) is 1.80. The van der Waals surface area contributed by atoms with E-state index in [9.17, 15) is 14.8 Å². The molecule has 1 spiro atoms. The van der Waals surface area contributed by atoms with E-state index in [-0.39, 0.29) is 23.7 Å². The van der Waals surface area contributed by atoms with Crippen LogP contribution in [0.4, 0.5) is 5.82 Å². The van der Waals surface area contributed by atoms with Crippen LogP contribution < -0.4 is 4.90 Å². The highest BCUT2D eigenvalue weighted by atomic mass is 35.5. The number of anilines is 1. The highest BCUT2D eigenvalue weighted by molar-refractivity contribution is 7.23. The average molecular weight is 505 g/mol. The Kier molecular flexibility index (Phi) is 5.55. The lowest BCUT2D eigenvalue weighted by Crippen LogP contribution is -2.58. The minimum Gasteiger partial charge on any atom is -0.387 e. The van der Waals surface area contributed by atoms with Gasteiger partial charge in [-0.05, 0) is 35.6 Å². The largest absolute Gasteiger partial charge is 0.387 e. The number of aliphatic hydroxyl groups excluding tert-OH is 2. The van der Waals surface area contributed by atoms with Gasteiger partial charge in [0.1, 0.15) is 30.5 Å². The second-order valence-corrected chi connectivity index (χ2v) is 10.1. The standard InChI is InChI=1S/C22H24ClN5O5P/c23-21-25-18(27-9-22(10-27)6-5-12-3-1-2-4-14(12)22)13-7-24-28(19(13)26-21)20-17(30)16(29)15(33-20)8-32-11-34-31/h1-4,7,15-17,20,29-30,34H,5-6,8-11H2/t15-,16-,17-,20-/m1/s1. The fourth-order valence-electron chi connectivity index (χ4n) is 5.52. The second kappa shape index (κ2) is 8.48. The molecule has 2 fully saturated rings. The van der Waals surface area contributed by atoms with Gasteiger partial charge in [0.05, 0.1) is 26.7 Å². The van der Waals surface area contributed by atoms with Crippen molar-refractivity contribution >= 4 is 36.9 Å². The molecular weight excluding hydrogens is 481 g/mol. The number of aryl methyl sites for hydroxylation is 1. The summed E-state index contributed by atoms with van der Waals surface area (Å²) in [6.45, 7) is 1.67. The summed E-state index contributed by atoms with van der Waals surface area (Å²) in [6.07, 6.45) is -0.323. The lowest BCUT2D eigenvalue weighted by molar-refractivity contribution is -0.0647. The number of nitrogens with zero attached hydrogens (tertiary/aromatic N) is 5. The molecule has 2 saturated heterocycles. The monoisotopic (exact) mass is 504 g/mol. The maximum atomic E-state index is 10.6. The summed E-state index contributed by atoms with van der Waals surface area (Å²) >= 11 is 6.30. The summed E-state index contributed by atoms with van der Waals surface area (Å²) in [5.74, 6) is 0.695. The Hall–Kier alpha value is -2.20. The first-order chi connectivity index (χ1) is 16.5. The van der Waals surface area contributed by atoms with Crippen molar-refractivity contribution in [2.24, 2.45) is 0 Å². The summed E-state index contributed by atoms with van der Waals surface area (Å²) in [5, 5.41) is 26.2. The average Bonchev–Trinajstić information content (AvgIpc) is 3.48. The molecule has 2 aliphatic heterocycles. The van der Waals surface area contributed by atoms with E-state index in [1.54, 1.807) is 6.20 Å². The molecule has 2 N–H and O–H groups in total. The van der Waals surface area contributed by atoms with Crippen LogP contribution in [-0.4, -0.2) is 74.3 Å². The van der Waals surface area contributed by atoms with Crippen molar-refractivity contribution in [1.82, 2.24) is 19.7 Å². The molecule has 12 heteroatoms. The maximum absolute atomic E-state index is 10.6. The molecular formula is C22H24ClN5O5P. The lowest BCUT2D eigenvalue weighted by Gasteiger charge is -2.49. The van der Waals surface area contributed by atoms with Gasteiger partial charge in [0.2, 0.25) is 5.28 Å². The third-order valence-corrected chi connectivity index (χ3v) is 7.67. The van der Waals surface area contributed by atoms with Crippen molar-refractivity contribution in [3.05, 3.63) is 46.9 Å². The quantitative estimate of drug-likeness (QED) is 0.294. The molecule has 3 aliphatic rings. The molecule has 1 unspecified atom stereocenters. The molecule has 179 valence electrons. The highest BCUT2D eigenvalue weighted by Gasteiger charge is 2.49. The number of fused-ring (bicyclic) bond motifs is 3. The van der Waals surface area contributed by atoms with Crippen LogP contribution in [0.2, 0.25) is 5.28 Å². The Morgan fingerprint density at radius 3 is 2.88 bits per heavy atom. The topological polar surface area (TPSA) is 123 Å². The van der Waals surface area contributed by atoms with Gasteiger partial charge in [0, 0.05) is 18.5 Å². The van der Waals surface area contributed by atoms with Crippen molar-refractivity contribution in [3.8, 4) is 0 Å². The predicted molar refractivity (Wildman–Crippen MR) is 125 cm³/mol. The smallest absolute Gasteiger partial charge is 0.226 e. The minimum absolute atomic E-state index is 0.00148. The zero-order valence-electron chi connectivity index (χ0n) is 18.2. The minimum atomic E-state index is -1.24. The number of rotatable bonds is 6. The van der Waals surface area contributed by atoms with Gasteiger partial charge >= 0.3 is 0 Å². The van der Waals surface area contributed by atoms with Crippen LogP contribution in [0.25, 0.3) is 11.0 Å². The van der Waals surface area contributed by atoms with Gasteiger partial charge in [-0.15, -0.1) is 0 Å². The van der Waals surface area contributed by atoms with E-state index >= 15 is 0 Å². The van der Waals surface area contributed by atoms with Gasteiger partial charge in [0.15, 0.2) is 11.9 Å². The molecule has 5 atom stereocenters. The zero-order chi connectivity index (χ0) is 23.4. The second-order valence-electron chi connectivity index (χ2n) is 9.14. The van der Waals surface area contributed by atoms with Crippen LogP contribution in [0.1, 0.15) is 23.8 Å². The first kappa shape index (κ1) is 22.3. The Balaban J connectivity index is 1.28. The van der Waals surface area contributed by atoms with E-state index in [0.29, 0.717) is 16.9 Å². The van der Waals surface area contributed by atoms with Crippen molar-refractivity contribution in [2.45, 2.75) is 42.8 Å². The number of hydrogen-bond acceptors (Lipinski definition) is 9. The van der Waals surface area contributed by atoms with Crippen LogP contribution in [0.15, 0.2) is 30.5 Å². The fraction of sp³-hybridized carbons (Fsp3) is 0.500. The van der Waals surface area contributed by atoms with Gasteiger partial charge in [-0.25, -0.2) is 4.68 Å². The van der Waals surface area contributed by atoms with Crippen molar-refractivity contribution < 1.29 is 24.3 Å². The Morgan fingerprint density at radius 1 is 1.24 bits per heavy atom. The lowest BCUT2D eigenvalue weighted by atomic mass is 9.75. The zero-order valence-corrected chi connectivity index (χ0v) is 19.9. The molecule has 1 radical (unpaired) electrons. The molecule has 6 rings (SSSR count). The first-order valence-corrected chi connectivity index (χ1v) is 12.7. The van der Waals surface area contributed by atoms with E-state index < -0.39 is 33.0 Å². The normalized spacial score (nSPS) is 27.6. The number of benzene rings is 1. The first-order valence-electron chi connectivity index (χ1n) is 11.2. The van der Waals surface area contributed by atoms with E-state index in [4.69, 9.17) is 21.1 Å². The van der Waals surface area contributed by atoms with Gasteiger partial charge in [-0.1, -0.05) is 24.3 Å². The molecule has 4 heterocycles. The molecule has 2 aromatic heterocycles. The van der Waals surface area contributed by atoms with Crippen LogP contribution >= 0.6 is 20.1 Å². The Morgan fingerprint density at radius 2 is 2.06 bits per heavy atom. The van der Waals surface area contributed by atoms with E-state index in [1.165, 1.54) is 15.8 Å². The summed E-state index contributed by atoms with van der Waals surface area (Å²) in [4.78, 5) is 11.0. The molecule has 34 heavy (non-hydrogen) atoms. The van der Waals surface area contributed by atoms with Crippen molar-refractivity contribution in [1.29, 1.82) is 0 Å². The SMILES string of the molecule is O=[PH]COC[C@H]1O[C@@H](n2ncc3c(N4CC5(CCc6ccccc65)C4)nc(Cl)nc32)[C@H](O)[C@@H]1O. The fourth-order valence-corrected chi connectivity index (χ4v) is 5.89. The van der Waals surface area contributed by atoms with Crippen LogP contribution in [0.5, 0.6) is 0 Å². The molecule has 1 aliphatic carbocycles. The number of hydrogen-bond donors (Lipinski definition) is 2. The summed E-state index contributed by atoms with van der Waals surface area (Å²) in [7, 11) is -0.611. The van der Waals surface area contributed by atoms with Gasteiger partial charge < -0.3 is 24.6 Å². The van der Waals surface area contributed by atoms with E-state index in [0.717, 1.165) is 25.9 Å². The van der Waals surface area contributed by atoms with Gasteiger partial charge in [-0.2, -0.15) is 15.1 Å². The number of aromatic nitrogens is 4. The van der Waals surface area contributed by atoms with Crippen LogP contribution in [0, 0.1) is 0 Å². The number of aliphatic hydroxyl groups is 2. The highest BCUT2D eigenvalue weighted by Crippen LogP contribution is 2.47. The molecule has 1 aromatic carbocycles.